The maximum atomic E-state index is 14.2. The fourth-order valence-electron chi connectivity index (χ4n) is 13.2. The van der Waals surface area contributed by atoms with Crippen LogP contribution in [0.15, 0.2) is 73.1 Å². The third kappa shape index (κ3) is 18.9. The van der Waals surface area contributed by atoms with Gasteiger partial charge in [0.25, 0.3) is 5.91 Å². The van der Waals surface area contributed by atoms with Crippen molar-refractivity contribution in [2.45, 2.75) is 122 Å². The van der Waals surface area contributed by atoms with Crippen LogP contribution in [0.3, 0.4) is 0 Å². The van der Waals surface area contributed by atoms with E-state index in [2.05, 4.69) is 52.9 Å². The molecule has 6 aliphatic rings. The average Bonchev–Trinajstić information content (AvgIpc) is 1.92. The molecule has 3 aromatic carbocycles. The number of piperazine rings is 2. The molecule has 21 heteroatoms. The van der Waals surface area contributed by atoms with Crippen molar-refractivity contribution in [1.29, 1.82) is 0 Å². The summed E-state index contributed by atoms with van der Waals surface area (Å²) in [6.45, 7) is 17.9. The molecule has 5 heterocycles. The lowest BCUT2D eigenvalue weighted by Crippen LogP contribution is -2.57. The molecule has 5 N–H and O–H groups in total. The molecule has 0 radical (unpaired) electrons. The quantitative estimate of drug-likeness (QED) is 0.0608. The summed E-state index contributed by atoms with van der Waals surface area (Å²) in [5.74, 6) is 0.521. The Hall–Kier alpha value is -6.16. The predicted octanol–water partition coefficient (Wildman–Crippen LogP) is 6.92. The first-order chi connectivity index (χ1) is 42.2. The number of amides is 5. The number of rotatable bonds is 19. The van der Waals surface area contributed by atoms with E-state index in [1.165, 1.54) is 18.5 Å². The second-order valence-corrected chi connectivity index (χ2v) is 24.5. The number of fused-ring (bicyclic) bond motifs is 1. The first-order valence-electron chi connectivity index (χ1n) is 32.0. The van der Waals surface area contributed by atoms with E-state index in [0.29, 0.717) is 87.3 Å². The number of likely N-dealkylation sites (N-methyl/N-ethyl adjacent to an activating group) is 1. The minimum Gasteiger partial charge on any atom is -0.387 e. The van der Waals surface area contributed by atoms with Gasteiger partial charge in [-0.15, -0.1) is 0 Å². The molecule has 1 aromatic heterocycles. The van der Waals surface area contributed by atoms with Crippen molar-refractivity contribution >= 4 is 47.0 Å². The molecule has 0 spiro atoms. The first kappa shape index (κ1) is 66.8. The molecule has 474 valence electrons. The number of aliphatic hydroxyl groups excluding tert-OH is 1. The molecule has 5 amide bonds. The topological polar surface area (TPSA) is 199 Å². The Morgan fingerprint density at radius 2 is 1.47 bits per heavy atom. The summed E-state index contributed by atoms with van der Waals surface area (Å²) in [6, 6.07) is 17.9. The summed E-state index contributed by atoms with van der Waals surface area (Å²) < 4.78 is 27.3. The van der Waals surface area contributed by atoms with Crippen molar-refractivity contribution in [2.75, 3.05) is 123 Å². The van der Waals surface area contributed by atoms with Crippen molar-refractivity contribution in [2.24, 2.45) is 11.8 Å². The SMILES string of the molecule is CC.CNCCNC(=O)CN1CCC(CN2CCN(C(=O)C(NC(=O)c3cccc(C4CCCN(C(=O)CNCc5ccc(F)cc5F)C4)c3)C3CCCCC3)CC2)CC1.C[C@@H]1CC(O)c2ncnc(N3CCN(C(=O)Cc4ccc(Cl)cc4)CC3)c21. The van der Waals surface area contributed by atoms with E-state index in [1.54, 1.807) is 6.07 Å². The Morgan fingerprint density at radius 1 is 0.747 bits per heavy atom. The van der Waals surface area contributed by atoms with Crippen LogP contribution in [0.4, 0.5) is 14.6 Å². The Morgan fingerprint density at radius 3 is 2.18 bits per heavy atom. The normalized spacial score (nSPS) is 20.8. The standard InChI is InChI=1S/C44H64F2N8O4.C20H23ClN4O2.C2H6/c1-47-16-17-49-40(55)31-51-19-14-32(15-20-51)29-52-21-23-53(24-22-52)44(58)42(33-7-3-2-4-8-33)50-43(57)35-10-5-9-34(25-35)37-11-6-18-54(30-37)41(56)28-48-27-36-12-13-38(45)26-39(36)46;1-13-10-16(26)19-18(13)20(23-12-22-19)25-8-6-24(7-9-25)17(27)11-14-2-4-15(21)5-3-14;1-2/h5,9-10,12-13,25-26,32-33,37,42,47-48H,2-4,6-8,11,14-24,27-31H2,1H3,(H,49,55)(H,50,57);2-5,12-13,16,26H,6-11H2,1H3;1-2H3/t;13-,16?;/m.1./s1. The van der Waals surface area contributed by atoms with Gasteiger partial charge in [0, 0.05) is 125 Å². The average molecular weight is 1220 g/mol. The number of likely N-dealkylation sites (tertiary alicyclic amines) is 2. The zero-order valence-corrected chi connectivity index (χ0v) is 52.4. The van der Waals surface area contributed by atoms with E-state index >= 15 is 0 Å². The molecule has 5 fully saturated rings. The van der Waals surface area contributed by atoms with Crippen molar-refractivity contribution in [3.05, 3.63) is 123 Å². The molecule has 4 atom stereocenters. The largest absolute Gasteiger partial charge is 0.387 e. The van der Waals surface area contributed by atoms with Crippen LogP contribution in [0.1, 0.15) is 141 Å². The molecule has 87 heavy (non-hydrogen) atoms. The zero-order valence-electron chi connectivity index (χ0n) is 51.6. The van der Waals surface area contributed by atoms with Crippen molar-refractivity contribution in [1.82, 2.24) is 55.7 Å². The predicted molar refractivity (Wildman–Crippen MR) is 335 cm³/mol. The molecule has 4 saturated heterocycles. The molecule has 10 rings (SSSR count). The van der Waals surface area contributed by atoms with Gasteiger partial charge in [-0.25, -0.2) is 18.7 Å². The molecule has 2 aliphatic carbocycles. The van der Waals surface area contributed by atoms with Gasteiger partial charge in [0.15, 0.2) is 0 Å². The minimum atomic E-state index is -0.644. The molecular formula is C66H93ClF2N12O6. The number of nitrogens with zero attached hydrogens (tertiary/aromatic N) is 8. The highest BCUT2D eigenvalue weighted by atomic mass is 35.5. The number of anilines is 1. The van der Waals surface area contributed by atoms with Gasteiger partial charge in [-0.2, -0.15) is 0 Å². The number of hydrogen-bond donors (Lipinski definition) is 5. The second kappa shape index (κ2) is 33.4. The number of benzene rings is 3. The first-order valence-corrected chi connectivity index (χ1v) is 32.4. The van der Waals surface area contributed by atoms with Crippen LogP contribution in [0.5, 0.6) is 0 Å². The van der Waals surface area contributed by atoms with Crippen LogP contribution in [-0.4, -0.2) is 193 Å². The number of nitrogens with one attached hydrogen (secondary N) is 4. The number of halogens is 3. The third-order valence-corrected chi connectivity index (χ3v) is 18.4. The molecule has 4 aliphatic heterocycles. The summed E-state index contributed by atoms with van der Waals surface area (Å²) in [5.41, 5.74) is 4.60. The Balaban J connectivity index is 0.000000280. The maximum absolute atomic E-state index is 14.2. The highest BCUT2D eigenvalue weighted by Gasteiger charge is 2.37. The van der Waals surface area contributed by atoms with E-state index in [0.717, 1.165) is 144 Å². The Labute approximate surface area is 518 Å². The van der Waals surface area contributed by atoms with Crippen LogP contribution in [0.25, 0.3) is 0 Å². The zero-order chi connectivity index (χ0) is 61.8. The molecule has 1 saturated carbocycles. The Kier molecular flexibility index (Phi) is 25.7. The Bertz CT molecular complexity index is 2880. The fraction of sp³-hybridized carbons (Fsp3) is 0.591. The number of carbonyl (C=O) groups is 5. The summed E-state index contributed by atoms with van der Waals surface area (Å²) in [4.78, 5) is 87.5. The fourth-order valence-corrected chi connectivity index (χ4v) is 13.3. The van der Waals surface area contributed by atoms with Gasteiger partial charge < -0.3 is 46.0 Å². The number of piperidine rings is 2. The highest BCUT2D eigenvalue weighted by molar-refractivity contribution is 6.30. The maximum Gasteiger partial charge on any atom is 0.251 e. The number of aromatic nitrogens is 2. The van der Waals surface area contributed by atoms with Crippen LogP contribution < -0.4 is 26.2 Å². The van der Waals surface area contributed by atoms with Crippen molar-refractivity contribution < 1.29 is 37.9 Å². The monoisotopic (exact) mass is 1220 g/mol. The van der Waals surface area contributed by atoms with Gasteiger partial charge in [-0.1, -0.05) is 82.0 Å². The number of hydrogen-bond acceptors (Lipinski definition) is 13. The summed E-state index contributed by atoms with van der Waals surface area (Å²) in [5, 5.41) is 23.1. The van der Waals surface area contributed by atoms with Crippen LogP contribution in [0, 0.1) is 23.5 Å². The lowest BCUT2D eigenvalue weighted by Gasteiger charge is -2.40. The van der Waals surface area contributed by atoms with Gasteiger partial charge in [0.1, 0.15) is 29.8 Å². The van der Waals surface area contributed by atoms with E-state index in [9.17, 15) is 37.9 Å². The molecule has 4 aromatic rings. The summed E-state index contributed by atoms with van der Waals surface area (Å²) in [6.07, 6.45) is 11.1. The summed E-state index contributed by atoms with van der Waals surface area (Å²) >= 11 is 5.90. The molecular weight excluding hydrogens is 1130 g/mol. The van der Waals surface area contributed by atoms with E-state index in [4.69, 9.17) is 11.6 Å². The van der Waals surface area contributed by atoms with E-state index < -0.39 is 23.8 Å². The third-order valence-electron chi connectivity index (χ3n) is 18.1. The minimum absolute atomic E-state index is 0.0227. The second-order valence-electron chi connectivity index (χ2n) is 24.1. The van der Waals surface area contributed by atoms with Gasteiger partial charge in [0.2, 0.25) is 23.6 Å². The lowest BCUT2D eigenvalue weighted by molar-refractivity contribution is -0.137. The van der Waals surface area contributed by atoms with Gasteiger partial charge >= 0.3 is 0 Å². The van der Waals surface area contributed by atoms with Crippen molar-refractivity contribution in [3.63, 3.8) is 0 Å². The van der Waals surface area contributed by atoms with Crippen LogP contribution in [0.2, 0.25) is 5.02 Å². The number of aliphatic hydroxyl groups is 1. The van der Waals surface area contributed by atoms with Gasteiger partial charge in [0.05, 0.1) is 31.3 Å². The van der Waals surface area contributed by atoms with Gasteiger partial charge in [-0.05, 0) is 124 Å². The highest BCUT2D eigenvalue weighted by Crippen LogP contribution is 2.43. The van der Waals surface area contributed by atoms with E-state index in [-0.39, 0.29) is 60.4 Å². The van der Waals surface area contributed by atoms with Crippen molar-refractivity contribution in [3.8, 4) is 0 Å². The number of carbonyl (C=O) groups excluding carboxylic acids is 5. The lowest BCUT2D eigenvalue weighted by atomic mass is 9.83. The summed E-state index contributed by atoms with van der Waals surface area (Å²) in [7, 11) is 1.87. The molecule has 3 unspecified atom stereocenters. The van der Waals surface area contributed by atoms with Crippen LogP contribution in [-0.2, 0) is 32.1 Å². The van der Waals surface area contributed by atoms with Crippen LogP contribution >= 0.6 is 11.6 Å². The molecule has 18 nitrogen and oxygen atoms in total. The smallest absolute Gasteiger partial charge is 0.251 e. The molecule has 0 bridgehead atoms. The van der Waals surface area contributed by atoms with E-state index in [1.807, 2.05) is 78.1 Å². The van der Waals surface area contributed by atoms with Gasteiger partial charge in [-0.3, -0.25) is 33.8 Å².